The molecular weight excluding hydrogens is 281 g/mol. The van der Waals surface area contributed by atoms with Crippen molar-refractivity contribution >= 4 is 5.97 Å². The van der Waals surface area contributed by atoms with Gasteiger partial charge in [-0.25, -0.2) is 4.79 Å². The van der Waals surface area contributed by atoms with Crippen molar-refractivity contribution in [2.24, 2.45) is 0 Å². The van der Waals surface area contributed by atoms with E-state index in [4.69, 9.17) is 9.84 Å². The second-order valence-corrected chi connectivity index (χ2v) is 3.63. The van der Waals surface area contributed by atoms with Gasteiger partial charge in [-0.1, -0.05) is 5.16 Å². The maximum Gasteiger partial charge on any atom is 0.471 e. The third-order valence-electron chi connectivity index (χ3n) is 2.18. The fourth-order valence-electron chi connectivity index (χ4n) is 1.27. The Kier molecular flexibility index (Phi) is 3.59. The summed E-state index contributed by atoms with van der Waals surface area (Å²) in [6, 6.07) is 5.34. The highest BCUT2D eigenvalue weighted by atomic mass is 19.4. The standard InChI is InChI=1S/C11H7F3N2O4/c12-11(13,14)10-15-8(16-20-10)5-19-7-3-1-6(2-4-7)9(17)18/h1-4H,5H2,(H,17,18). The fourth-order valence-corrected chi connectivity index (χ4v) is 1.27. The molecule has 0 unspecified atom stereocenters. The molecule has 1 aromatic heterocycles. The topological polar surface area (TPSA) is 85.5 Å². The minimum absolute atomic E-state index is 0.0660. The summed E-state index contributed by atoms with van der Waals surface area (Å²) in [4.78, 5) is 13.7. The van der Waals surface area contributed by atoms with E-state index in [0.717, 1.165) is 0 Å². The third kappa shape index (κ3) is 3.25. The molecule has 0 fully saturated rings. The molecule has 0 amide bonds. The fraction of sp³-hybridized carbons (Fsp3) is 0.182. The summed E-state index contributed by atoms with van der Waals surface area (Å²) >= 11 is 0. The monoisotopic (exact) mass is 288 g/mol. The van der Waals surface area contributed by atoms with Crippen molar-refractivity contribution in [1.29, 1.82) is 0 Å². The molecule has 106 valence electrons. The van der Waals surface area contributed by atoms with Crippen molar-refractivity contribution in [3.63, 3.8) is 0 Å². The molecule has 0 atom stereocenters. The highest BCUT2D eigenvalue weighted by Crippen LogP contribution is 2.27. The first-order valence-corrected chi connectivity index (χ1v) is 5.22. The predicted octanol–water partition coefficient (Wildman–Crippen LogP) is 2.37. The Balaban J connectivity index is 1.98. The Bertz CT molecular complexity index is 607. The average molecular weight is 288 g/mol. The molecule has 6 nitrogen and oxygen atoms in total. The molecular formula is C11H7F3N2O4. The largest absolute Gasteiger partial charge is 0.485 e. The lowest BCUT2D eigenvalue weighted by Crippen LogP contribution is -2.06. The number of aromatic nitrogens is 2. The van der Waals surface area contributed by atoms with Crippen LogP contribution >= 0.6 is 0 Å². The number of rotatable bonds is 4. The van der Waals surface area contributed by atoms with Crippen LogP contribution in [-0.2, 0) is 12.8 Å². The van der Waals surface area contributed by atoms with Crippen molar-refractivity contribution < 1.29 is 32.3 Å². The summed E-state index contributed by atoms with van der Waals surface area (Å²) < 4.78 is 45.7. The molecule has 9 heteroatoms. The Hall–Kier alpha value is -2.58. The number of halogens is 3. The third-order valence-corrected chi connectivity index (χ3v) is 2.18. The highest BCUT2D eigenvalue weighted by Gasteiger charge is 2.38. The van der Waals surface area contributed by atoms with Crippen LogP contribution < -0.4 is 4.74 Å². The van der Waals surface area contributed by atoms with E-state index in [1.54, 1.807) is 0 Å². The van der Waals surface area contributed by atoms with Gasteiger partial charge in [0.2, 0.25) is 5.82 Å². The quantitative estimate of drug-likeness (QED) is 0.929. The first-order chi connectivity index (χ1) is 9.36. The first-order valence-electron chi connectivity index (χ1n) is 5.22. The number of ether oxygens (including phenoxy) is 1. The number of aromatic carboxylic acids is 1. The Labute approximate surface area is 109 Å². The second kappa shape index (κ2) is 5.19. The number of nitrogens with zero attached hydrogens (tertiary/aromatic N) is 2. The molecule has 2 aromatic rings. The molecule has 2 rings (SSSR count). The molecule has 0 bridgehead atoms. The molecule has 20 heavy (non-hydrogen) atoms. The summed E-state index contributed by atoms with van der Waals surface area (Å²) in [7, 11) is 0. The van der Waals surface area contributed by atoms with Gasteiger partial charge in [0.1, 0.15) is 5.75 Å². The zero-order valence-electron chi connectivity index (χ0n) is 9.72. The average Bonchev–Trinajstić information content (AvgIpc) is 2.85. The molecule has 0 aliphatic rings. The lowest BCUT2D eigenvalue weighted by molar-refractivity contribution is -0.159. The minimum Gasteiger partial charge on any atom is -0.485 e. The van der Waals surface area contributed by atoms with E-state index in [1.807, 2.05) is 0 Å². The molecule has 0 aliphatic carbocycles. The summed E-state index contributed by atoms with van der Waals surface area (Å²) in [6.45, 7) is -0.327. The van der Waals surface area contributed by atoms with Crippen LogP contribution in [0.2, 0.25) is 0 Å². The van der Waals surface area contributed by atoms with Crippen molar-refractivity contribution in [2.75, 3.05) is 0 Å². The van der Waals surface area contributed by atoms with Gasteiger partial charge < -0.3 is 14.4 Å². The number of hydrogen-bond donors (Lipinski definition) is 1. The van der Waals surface area contributed by atoms with E-state index in [1.165, 1.54) is 24.3 Å². The van der Waals surface area contributed by atoms with Crippen LogP contribution in [0.25, 0.3) is 0 Å². The van der Waals surface area contributed by atoms with Crippen LogP contribution in [0.15, 0.2) is 28.8 Å². The van der Waals surface area contributed by atoms with Gasteiger partial charge in [-0.05, 0) is 24.3 Å². The number of alkyl halides is 3. The van der Waals surface area contributed by atoms with Crippen LogP contribution in [0.4, 0.5) is 13.2 Å². The summed E-state index contributed by atoms with van der Waals surface area (Å²) in [5.74, 6) is -2.53. The Morgan fingerprint density at radius 1 is 1.30 bits per heavy atom. The maximum atomic E-state index is 12.2. The van der Waals surface area contributed by atoms with Crippen LogP contribution in [0.5, 0.6) is 5.75 Å². The van der Waals surface area contributed by atoms with E-state index in [-0.39, 0.29) is 23.7 Å². The molecule has 0 saturated heterocycles. The minimum atomic E-state index is -4.70. The number of carboxylic acids is 1. The van der Waals surface area contributed by atoms with Crippen LogP contribution in [0, 0.1) is 0 Å². The number of benzene rings is 1. The van der Waals surface area contributed by atoms with E-state index in [0.29, 0.717) is 0 Å². The van der Waals surface area contributed by atoms with Gasteiger partial charge in [0.15, 0.2) is 6.61 Å². The van der Waals surface area contributed by atoms with Gasteiger partial charge >= 0.3 is 18.0 Å². The number of carbonyl (C=O) groups is 1. The maximum absolute atomic E-state index is 12.2. The van der Waals surface area contributed by atoms with E-state index in [9.17, 15) is 18.0 Å². The summed E-state index contributed by atoms with van der Waals surface area (Å²) in [5, 5.41) is 11.8. The van der Waals surface area contributed by atoms with Gasteiger partial charge in [-0.2, -0.15) is 18.2 Å². The van der Waals surface area contributed by atoms with Crippen LogP contribution in [0.1, 0.15) is 22.1 Å². The van der Waals surface area contributed by atoms with E-state index < -0.39 is 18.0 Å². The van der Waals surface area contributed by atoms with Gasteiger partial charge in [0.05, 0.1) is 5.56 Å². The highest BCUT2D eigenvalue weighted by molar-refractivity contribution is 5.87. The first kappa shape index (κ1) is 13.8. The van der Waals surface area contributed by atoms with Crippen molar-refractivity contribution in [3.8, 4) is 5.75 Å². The lowest BCUT2D eigenvalue weighted by atomic mass is 10.2. The van der Waals surface area contributed by atoms with Crippen LogP contribution in [-0.4, -0.2) is 21.2 Å². The SMILES string of the molecule is O=C(O)c1ccc(OCc2noc(C(F)(F)F)n2)cc1. The van der Waals surface area contributed by atoms with Gasteiger partial charge in [0.25, 0.3) is 0 Å². The zero-order chi connectivity index (χ0) is 14.8. The lowest BCUT2D eigenvalue weighted by Gasteiger charge is -2.03. The molecule has 0 aliphatic heterocycles. The molecule has 1 heterocycles. The molecule has 0 saturated carbocycles. The smallest absolute Gasteiger partial charge is 0.471 e. The second-order valence-electron chi connectivity index (χ2n) is 3.63. The predicted molar refractivity (Wildman–Crippen MR) is 57.0 cm³/mol. The molecule has 0 radical (unpaired) electrons. The van der Waals surface area contributed by atoms with Crippen molar-refractivity contribution in [2.45, 2.75) is 12.8 Å². The van der Waals surface area contributed by atoms with Gasteiger partial charge in [-0.15, -0.1) is 0 Å². The number of carboxylic acid groups (broad SMARTS) is 1. The summed E-state index contributed by atoms with van der Waals surface area (Å²) in [5.41, 5.74) is 0.0660. The normalized spacial score (nSPS) is 11.3. The van der Waals surface area contributed by atoms with Gasteiger partial charge in [0, 0.05) is 0 Å². The van der Waals surface area contributed by atoms with E-state index in [2.05, 4.69) is 14.7 Å². The Morgan fingerprint density at radius 2 is 1.95 bits per heavy atom. The summed E-state index contributed by atoms with van der Waals surface area (Å²) in [6.07, 6.45) is -4.70. The number of hydrogen-bond acceptors (Lipinski definition) is 5. The van der Waals surface area contributed by atoms with E-state index >= 15 is 0 Å². The molecule has 1 aromatic carbocycles. The van der Waals surface area contributed by atoms with Crippen molar-refractivity contribution in [1.82, 2.24) is 10.1 Å². The van der Waals surface area contributed by atoms with Crippen molar-refractivity contribution in [3.05, 3.63) is 41.5 Å². The van der Waals surface area contributed by atoms with Gasteiger partial charge in [-0.3, -0.25) is 0 Å². The Morgan fingerprint density at radius 3 is 2.45 bits per heavy atom. The zero-order valence-corrected chi connectivity index (χ0v) is 9.72. The molecule has 1 N–H and O–H groups in total. The van der Waals surface area contributed by atoms with Crippen LogP contribution in [0.3, 0.4) is 0 Å². The molecule has 0 spiro atoms.